The van der Waals surface area contributed by atoms with E-state index in [1.165, 1.54) is 0 Å². The van der Waals surface area contributed by atoms with Gasteiger partial charge in [0.15, 0.2) is 5.82 Å². The molecule has 0 atom stereocenters. The number of hydrogen-bond donors (Lipinski definition) is 0. The third-order valence-corrected chi connectivity index (χ3v) is 4.11. The minimum absolute atomic E-state index is 0.666. The zero-order valence-corrected chi connectivity index (χ0v) is 13.1. The van der Waals surface area contributed by atoms with Crippen molar-refractivity contribution >= 4 is 23.0 Å². The van der Waals surface area contributed by atoms with Crippen LogP contribution in [0.1, 0.15) is 0 Å². The molecule has 4 heteroatoms. The van der Waals surface area contributed by atoms with E-state index < -0.39 is 0 Å². The Morgan fingerprint density at radius 1 is 0.739 bits per heavy atom. The largest absolute Gasteiger partial charge is 0.237 e. The summed E-state index contributed by atoms with van der Waals surface area (Å²) in [4.78, 5) is 4.39. The number of pyridine rings is 1. The van der Waals surface area contributed by atoms with E-state index in [1.54, 1.807) is 10.9 Å². The molecule has 110 valence electrons. The van der Waals surface area contributed by atoms with Crippen LogP contribution in [0.4, 0.5) is 0 Å². The molecule has 0 aliphatic carbocycles. The standard InChI is InChI=1S/C19H13N3S/c23-19-16-11-5-4-10-15(16)18(14-8-2-1-3-9-14)21-22(19)17-12-6-7-13-20-17/h1-13H. The van der Waals surface area contributed by atoms with Crippen molar-refractivity contribution in [2.24, 2.45) is 0 Å². The Morgan fingerprint density at radius 3 is 2.17 bits per heavy atom. The predicted octanol–water partition coefficient (Wildman–Crippen LogP) is 4.82. The highest BCUT2D eigenvalue weighted by Gasteiger charge is 2.11. The average Bonchev–Trinajstić information content (AvgIpc) is 2.64. The molecule has 0 fully saturated rings. The van der Waals surface area contributed by atoms with Gasteiger partial charge in [0, 0.05) is 22.5 Å². The highest BCUT2D eigenvalue weighted by Crippen LogP contribution is 2.27. The van der Waals surface area contributed by atoms with Gasteiger partial charge in [0.2, 0.25) is 0 Å². The van der Waals surface area contributed by atoms with Crippen LogP contribution in [0.5, 0.6) is 0 Å². The van der Waals surface area contributed by atoms with Crippen LogP contribution in [-0.2, 0) is 0 Å². The number of fused-ring (bicyclic) bond motifs is 1. The Kier molecular flexibility index (Phi) is 3.44. The molecule has 0 spiro atoms. The van der Waals surface area contributed by atoms with Crippen molar-refractivity contribution in [3.63, 3.8) is 0 Å². The second-order valence-corrected chi connectivity index (χ2v) is 5.55. The fraction of sp³-hybridized carbons (Fsp3) is 0. The van der Waals surface area contributed by atoms with Crippen LogP contribution in [0.25, 0.3) is 27.8 Å². The van der Waals surface area contributed by atoms with Crippen LogP contribution in [0.3, 0.4) is 0 Å². The summed E-state index contributed by atoms with van der Waals surface area (Å²) in [6, 6.07) is 24.0. The lowest BCUT2D eigenvalue weighted by Crippen LogP contribution is -2.06. The maximum atomic E-state index is 5.65. The lowest BCUT2D eigenvalue weighted by Gasteiger charge is -2.12. The first-order valence-corrected chi connectivity index (χ1v) is 7.74. The van der Waals surface area contributed by atoms with E-state index in [4.69, 9.17) is 17.3 Å². The van der Waals surface area contributed by atoms with E-state index in [2.05, 4.69) is 23.2 Å². The fourth-order valence-electron chi connectivity index (χ4n) is 2.63. The van der Waals surface area contributed by atoms with Gasteiger partial charge in [-0.05, 0) is 12.1 Å². The van der Waals surface area contributed by atoms with E-state index >= 15 is 0 Å². The van der Waals surface area contributed by atoms with Crippen LogP contribution in [0.15, 0.2) is 79.0 Å². The van der Waals surface area contributed by atoms with Gasteiger partial charge in [-0.25, -0.2) is 9.67 Å². The van der Waals surface area contributed by atoms with Crippen molar-refractivity contribution in [2.75, 3.05) is 0 Å². The molecule has 0 aliphatic rings. The van der Waals surface area contributed by atoms with Gasteiger partial charge in [0.1, 0.15) is 4.64 Å². The highest BCUT2D eigenvalue weighted by molar-refractivity contribution is 7.71. The monoisotopic (exact) mass is 315 g/mol. The summed E-state index contributed by atoms with van der Waals surface area (Å²) >= 11 is 5.65. The van der Waals surface area contributed by atoms with E-state index in [0.717, 1.165) is 27.8 Å². The number of nitrogens with zero attached hydrogens (tertiary/aromatic N) is 3. The van der Waals surface area contributed by atoms with Gasteiger partial charge < -0.3 is 0 Å². The van der Waals surface area contributed by atoms with Crippen LogP contribution in [0.2, 0.25) is 0 Å². The smallest absolute Gasteiger partial charge is 0.154 e. The second-order valence-electron chi connectivity index (χ2n) is 5.17. The van der Waals surface area contributed by atoms with E-state index in [1.807, 2.05) is 54.6 Å². The molecule has 0 saturated carbocycles. The molecule has 0 unspecified atom stereocenters. The van der Waals surface area contributed by atoms with Crippen molar-refractivity contribution in [1.82, 2.24) is 14.8 Å². The Morgan fingerprint density at radius 2 is 1.43 bits per heavy atom. The SMILES string of the molecule is S=c1c2ccccc2c(-c2ccccc2)nn1-c1ccccn1. The summed E-state index contributed by atoms with van der Waals surface area (Å²) < 4.78 is 2.40. The molecule has 23 heavy (non-hydrogen) atoms. The topological polar surface area (TPSA) is 30.7 Å². The number of aromatic nitrogens is 3. The van der Waals surface area contributed by atoms with Gasteiger partial charge in [-0.2, -0.15) is 5.10 Å². The molecule has 4 aromatic rings. The Labute approximate surface area is 138 Å². The fourth-order valence-corrected chi connectivity index (χ4v) is 2.95. The van der Waals surface area contributed by atoms with Crippen molar-refractivity contribution in [2.45, 2.75) is 0 Å². The molecule has 0 radical (unpaired) electrons. The maximum Gasteiger partial charge on any atom is 0.154 e. The predicted molar refractivity (Wildman–Crippen MR) is 95.1 cm³/mol. The van der Waals surface area contributed by atoms with Crippen molar-refractivity contribution in [1.29, 1.82) is 0 Å². The first-order valence-electron chi connectivity index (χ1n) is 7.33. The first-order chi connectivity index (χ1) is 11.3. The highest BCUT2D eigenvalue weighted by atomic mass is 32.1. The quantitative estimate of drug-likeness (QED) is 0.497. The summed E-state index contributed by atoms with van der Waals surface area (Å²) in [6.45, 7) is 0. The molecule has 0 saturated heterocycles. The normalized spacial score (nSPS) is 10.8. The van der Waals surface area contributed by atoms with Crippen LogP contribution in [-0.4, -0.2) is 14.8 Å². The van der Waals surface area contributed by atoms with Gasteiger partial charge in [0.05, 0.1) is 5.69 Å². The van der Waals surface area contributed by atoms with Crippen molar-refractivity contribution in [3.05, 3.63) is 83.6 Å². The third kappa shape index (κ3) is 2.43. The van der Waals surface area contributed by atoms with Gasteiger partial charge in [-0.1, -0.05) is 72.9 Å². The number of benzene rings is 2. The molecule has 0 bridgehead atoms. The van der Waals surface area contributed by atoms with Crippen molar-refractivity contribution < 1.29 is 0 Å². The van der Waals surface area contributed by atoms with Crippen LogP contribution < -0.4 is 0 Å². The minimum atomic E-state index is 0.666. The summed E-state index contributed by atoms with van der Waals surface area (Å²) in [7, 11) is 0. The first kappa shape index (κ1) is 13.8. The molecule has 2 aromatic heterocycles. The summed E-state index contributed by atoms with van der Waals surface area (Å²) in [5.41, 5.74) is 1.96. The van der Waals surface area contributed by atoms with Gasteiger partial charge in [-0.15, -0.1) is 0 Å². The van der Waals surface area contributed by atoms with E-state index in [-0.39, 0.29) is 0 Å². The lowest BCUT2D eigenvalue weighted by atomic mass is 10.1. The van der Waals surface area contributed by atoms with Gasteiger partial charge in [0.25, 0.3) is 0 Å². The maximum absolute atomic E-state index is 5.65. The molecule has 4 rings (SSSR count). The molecular weight excluding hydrogens is 302 g/mol. The van der Waals surface area contributed by atoms with Crippen LogP contribution >= 0.6 is 12.2 Å². The molecule has 2 heterocycles. The molecule has 3 nitrogen and oxygen atoms in total. The molecule has 0 amide bonds. The second kappa shape index (κ2) is 5.74. The Balaban J connectivity index is 2.11. The Bertz CT molecular complexity index is 1020. The minimum Gasteiger partial charge on any atom is -0.237 e. The van der Waals surface area contributed by atoms with Gasteiger partial charge in [-0.3, -0.25) is 0 Å². The molecular formula is C19H13N3S. The van der Waals surface area contributed by atoms with E-state index in [0.29, 0.717) is 4.64 Å². The summed E-state index contributed by atoms with van der Waals surface area (Å²) in [5, 5.41) is 6.84. The molecule has 0 N–H and O–H groups in total. The third-order valence-electron chi connectivity index (χ3n) is 3.72. The van der Waals surface area contributed by atoms with Crippen LogP contribution in [0, 0.1) is 4.64 Å². The van der Waals surface area contributed by atoms with E-state index in [9.17, 15) is 0 Å². The Hall–Kier alpha value is -2.85. The zero-order chi connectivity index (χ0) is 15.6. The zero-order valence-electron chi connectivity index (χ0n) is 12.3. The van der Waals surface area contributed by atoms with Crippen molar-refractivity contribution in [3.8, 4) is 17.1 Å². The summed E-state index contributed by atoms with van der Waals surface area (Å²) in [6.07, 6.45) is 1.75. The van der Waals surface area contributed by atoms with Gasteiger partial charge >= 0.3 is 0 Å². The number of rotatable bonds is 2. The summed E-state index contributed by atoms with van der Waals surface area (Å²) in [5.74, 6) is 0.723. The average molecular weight is 315 g/mol. The number of hydrogen-bond acceptors (Lipinski definition) is 3. The lowest BCUT2D eigenvalue weighted by molar-refractivity contribution is 0.818. The molecule has 0 aliphatic heterocycles. The molecule has 2 aromatic carbocycles.